The minimum Gasteiger partial charge on any atom is -0.321 e. The molecule has 0 bridgehead atoms. The van der Waals surface area contributed by atoms with Crippen LogP contribution in [0, 0.1) is 5.41 Å². The Morgan fingerprint density at radius 1 is 1.15 bits per heavy atom. The highest BCUT2D eigenvalue weighted by molar-refractivity contribution is 6.31. The van der Waals surface area contributed by atoms with Gasteiger partial charge in [0.2, 0.25) is 0 Å². The van der Waals surface area contributed by atoms with Gasteiger partial charge in [0.1, 0.15) is 5.82 Å². The number of benzene rings is 1. The maximum atomic E-state index is 6.15. The molecular weight excluding hydrogens is 291 g/mol. The molecule has 0 saturated heterocycles. The van der Waals surface area contributed by atoms with Gasteiger partial charge < -0.3 is 4.57 Å². The van der Waals surface area contributed by atoms with Crippen LogP contribution in [0.5, 0.6) is 0 Å². The summed E-state index contributed by atoms with van der Waals surface area (Å²) >= 11 is 12.3. The standard InChI is InChI=1S/C16H22Cl2N2/c1-15(2,3)10-16(4,5)20-13-8-11(18)6-7-12(13)19-14(20)9-17/h6-8H,9-10H2,1-5H3. The maximum Gasteiger partial charge on any atom is 0.125 e. The van der Waals surface area contributed by atoms with Crippen molar-refractivity contribution in [3.63, 3.8) is 0 Å². The number of nitrogens with zero attached hydrogens (tertiary/aromatic N) is 2. The molecule has 4 heteroatoms. The van der Waals surface area contributed by atoms with E-state index in [0.717, 1.165) is 28.3 Å². The molecule has 0 atom stereocenters. The first-order valence-electron chi connectivity index (χ1n) is 6.87. The van der Waals surface area contributed by atoms with E-state index >= 15 is 0 Å². The van der Waals surface area contributed by atoms with Gasteiger partial charge in [0.05, 0.1) is 16.9 Å². The highest BCUT2D eigenvalue weighted by Gasteiger charge is 2.30. The van der Waals surface area contributed by atoms with Gasteiger partial charge in [-0.2, -0.15) is 0 Å². The Kier molecular flexibility index (Phi) is 4.10. The zero-order chi connectivity index (χ0) is 15.1. The number of rotatable bonds is 3. The molecule has 2 rings (SSSR count). The van der Waals surface area contributed by atoms with Crippen LogP contribution in [0.25, 0.3) is 11.0 Å². The topological polar surface area (TPSA) is 17.8 Å². The number of hydrogen-bond acceptors (Lipinski definition) is 1. The van der Waals surface area contributed by atoms with Crippen LogP contribution >= 0.6 is 23.2 Å². The fraction of sp³-hybridized carbons (Fsp3) is 0.562. The molecule has 0 spiro atoms. The maximum absolute atomic E-state index is 6.15. The molecule has 0 amide bonds. The van der Waals surface area contributed by atoms with Crippen molar-refractivity contribution < 1.29 is 0 Å². The van der Waals surface area contributed by atoms with Gasteiger partial charge in [-0.15, -0.1) is 11.6 Å². The molecule has 0 fully saturated rings. The largest absolute Gasteiger partial charge is 0.321 e. The minimum atomic E-state index is -0.0676. The van der Waals surface area contributed by atoms with Crippen LogP contribution in [0.2, 0.25) is 5.02 Å². The molecule has 0 unspecified atom stereocenters. The Morgan fingerprint density at radius 2 is 1.80 bits per heavy atom. The molecule has 0 aliphatic heterocycles. The third-order valence-electron chi connectivity index (χ3n) is 3.37. The van der Waals surface area contributed by atoms with Gasteiger partial charge in [-0.1, -0.05) is 32.4 Å². The first kappa shape index (κ1) is 15.7. The van der Waals surface area contributed by atoms with Crippen LogP contribution in [0.1, 0.15) is 46.9 Å². The fourth-order valence-corrected chi connectivity index (χ4v) is 3.59. The predicted molar refractivity (Wildman–Crippen MR) is 87.7 cm³/mol. The summed E-state index contributed by atoms with van der Waals surface area (Å²) in [6.07, 6.45) is 1.03. The molecule has 110 valence electrons. The van der Waals surface area contributed by atoms with E-state index in [-0.39, 0.29) is 11.0 Å². The molecule has 2 aromatic rings. The van der Waals surface area contributed by atoms with Crippen molar-refractivity contribution in [2.45, 2.75) is 52.5 Å². The van der Waals surface area contributed by atoms with E-state index in [1.54, 1.807) is 0 Å². The van der Waals surface area contributed by atoms with Gasteiger partial charge in [-0.3, -0.25) is 0 Å². The van der Waals surface area contributed by atoms with Crippen molar-refractivity contribution in [1.82, 2.24) is 9.55 Å². The summed E-state index contributed by atoms with van der Waals surface area (Å²) in [4.78, 5) is 4.64. The summed E-state index contributed by atoms with van der Waals surface area (Å²) in [6, 6.07) is 5.80. The molecule has 1 heterocycles. The molecule has 1 aromatic carbocycles. The van der Waals surface area contributed by atoms with Crippen molar-refractivity contribution in [3.05, 3.63) is 29.0 Å². The minimum absolute atomic E-state index is 0.0676. The van der Waals surface area contributed by atoms with E-state index in [0.29, 0.717) is 5.88 Å². The van der Waals surface area contributed by atoms with Crippen molar-refractivity contribution in [3.8, 4) is 0 Å². The lowest BCUT2D eigenvalue weighted by atomic mass is 9.81. The highest BCUT2D eigenvalue weighted by Crippen LogP contribution is 2.36. The summed E-state index contributed by atoms with van der Waals surface area (Å²) < 4.78 is 2.24. The monoisotopic (exact) mass is 312 g/mol. The lowest BCUT2D eigenvalue weighted by molar-refractivity contribution is 0.216. The van der Waals surface area contributed by atoms with E-state index in [1.807, 2.05) is 18.2 Å². The number of imidazole rings is 1. The quantitative estimate of drug-likeness (QED) is 0.674. The fourth-order valence-electron chi connectivity index (χ4n) is 3.24. The average molecular weight is 313 g/mol. The SMILES string of the molecule is CC(C)(C)CC(C)(C)n1c(CCl)nc2ccc(Cl)cc21. The summed E-state index contributed by atoms with van der Waals surface area (Å²) in [5.41, 5.74) is 2.17. The summed E-state index contributed by atoms with van der Waals surface area (Å²) in [7, 11) is 0. The second-order valence-electron chi connectivity index (χ2n) is 7.18. The van der Waals surface area contributed by atoms with E-state index < -0.39 is 0 Å². The Bertz CT molecular complexity index is 621. The normalized spacial score (nSPS) is 13.2. The zero-order valence-electron chi connectivity index (χ0n) is 12.8. The van der Waals surface area contributed by atoms with Crippen molar-refractivity contribution in [1.29, 1.82) is 0 Å². The first-order chi connectivity index (χ1) is 9.14. The van der Waals surface area contributed by atoms with Gasteiger partial charge in [0, 0.05) is 10.6 Å². The zero-order valence-corrected chi connectivity index (χ0v) is 14.3. The Hall–Kier alpha value is -0.730. The van der Waals surface area contributed by atoms with Crippen LogP contribution in [0.3, 0.4) is 0 Å². The predicted octanol–water partition coefficient (Wildman–Crippen LogP) is 5.60. The van der Waals surface area contributed by atoms with E-state index in [2.05, 4.69) is 44.2 Å². The second-order valence-corrected chi connectivity index (χ2v) is 7.88. The molecular formula is C16H22Cl2N2. The Labute approximate surface area is 131 Å². The van der Waals surface area contributed by atoms with E-state index in [4.69, 9.17) is 23.2 Å². The number of hydrogen-bond donors (Lipinski definition) is 0. The van der Waals surface area contributed by atoms with Gasteiger partial charge >= 0.3 is 0 Å². The smallest absolute Gasteiger partial charge is 0.125 e. The third kappa shape index (κ3) is 3.12. The Balaban J connectivity index is 2.64. The van der Waals surface area contributed by atoms with Gasteiger partial charge in [-0.05, 0) is 43.9 Å². The molecule has 1 aromatic heterocycles. The summed E-state index contributed by atoms with van der Waals surface area (Å²) in [5.74, 6) is 1.30. The van der Waals surface area contributed by atoms with Gasteiger partial charge in [0.15, 0.2) is 0 Å². The van der Waals surface area contributed by atoms with Crippen LogP contribution in [-0.2, 0) is 11.4 Å². The summed E-state index contributed by atoms with van der Waals surface area (Å²) in [5, 5.41) is 0.728. The van der Waals surface area contributed by atoms with Crippen molar-refractivity contribution in [2.24, 2.45) is 5.41 Å². The van der Waals surface area contributed by atoms with Crippen molar-refractivity contribution in [2.75, 3.05) is 0 Å². The van der Waals surface area contributed by atoms with Crippen LogP contribution < -0.4 is 0 Å². The second kappa shape index (κ2) is 5.23. The van der Waals surface area contributed by atoms with Crippen LogP contribution in [0.15, 0.2) is 18.2 Å². The van der Waals surface area contributed by atoms with Gasteiger partial charge in [0.25, 0.3) is 0 Å². The number of fused-ring (bicyclic) bond motifs is 1. The summed E-state index contributed by atoms with van der Waals surface area (Å²) in [6.45, 7) is 11.2. The molecule has 0 N–H and O–H groups in total. The number of aromatic nitrogens is 2. The van der Waals surface area contributed by atoms with E-state index in [1.165, 1.54) is 0 Å². The molecule has 0 radical (unpaired) electrons. The lowest BCUT2D eigenvalue weighted by Gasteiger charge is -2.35. The van der Waals surface area contributed by atoms with Crippen molar-refractivity contribution >= 4 is 34.2 Å². The average Bonchev–Trinajstić information content (AvgIpc) is 2.63. The number of alkyl halides is 1. The number of halogens is 2. The highest BCUT2D eigenvalue weighted by atomic mass is 35.5. The van der Waals surface area contributed by atoms with Crippen LogP contribution in [-0.4, -0.2) is 9.55 Å². The lowest BCUT2D eigenvalue weighted by Crippen LogP contribution is -2.32. The molecule has 2 nitrogen and oxygen atoms in total. The molecule has 0 saturated carbocycles. The van der Waals surface area contributed by atoms with E-state index in [9.17, 15) is 0 Å². The molecule has 20 heavy (non-hydrogen) atoms. The van der Waals surface area contributed by atoms with Crippen LogP contribution in [0.4, 0.5) is 0 Å². The Morgan fingerprint density at radius 3 is 2.35 bits per heavy atom. The first-order valence-corrected chi connectivity index (χ1v) is 7.79. The molecule has 0 aliphatic rings. The molecule has 0 aliphatic carbocycles. The third-order valence-corrected chi connectivity index (χ3v) is 3.85. The van der Waals surface area contributed by atoms with Gasteiger partial charge in [-0.25, -0.2) is 4.98 Å².